The maximum Gasteiger partial charge on any atom is 0.418 e. The number of hydrogen-bond acceptors (Lipinski definition) is 7. The molecule has 0 radical (unpaired) electrons. The van der Waals surface area contributed by atoms with Gasteiger partial charge in [0.2, 0.25) is 5.95 Å². The maximum atomic E-state index is 13.6. The monoisotopic (exact) mass is 513 g/mol. The van der Waals surface area contributed by atoms with Crippen molar-refractivity contribution >= 4 is 40.6 Å². The van der Waals surface area contributed by atoms with Gasteiger partial charge >= 0.3 is 12.1 Å². The number of benzene rings is 3. The van der Waals surface area contributed by atoms with Crippen molar-refractivity contribution in [2.24, 2.45) is 10.2 Å². The molecule has 0 amide bonds. The zero-order chi connectivity index (χ0) is 25.9. The number of rotatable bonds is 6. The van der Waals surface area contributed by atoms with Crippen molar-refractivity contribution < 1.29 is 28.2 Å². The van der Waals surface area contributed by atoms with Crippen LogP contribution in [0.15, 0.2) is 83.2 Å². The van der Waals surface area contributed by atoms with Gasteiger partial charge in [-0.15, -0.1) is 5.11 Å². The van der Waals surface area contributed by atoms with Crippen LogP contribution in [0.1, 0.15) is 15.9 Å². The molecule has 0 bridgehead atoms. The van der Waals surface area contributed by atoms with Gasteiger partial charge in [0.05, 0.1) is 22.6 Å². The van der Waals surface area contributed by atoms with Gasteiger partial charge in [-0.1, -0.05) is 23.7 Å². The molecular formula is C24H15ClF3N5O3. The van der Waals surface area contributed by atoms with E-state index in [1.807, 2.05) is 0 Å². The predicted molar refractivity (Wildman–Crippen MR) is 126 cm³/mol. The normalized spacial score (nSPS) is 11.6. The van der Waals surface area contributed by atoms with E-state index in [-0.39, 0.29) is 17.3 Å². The summed E-state index contributed by atoms with van der Waals surface area (Å²) in [6.07, 6.45) is -3.24. The molecule has 182 valence electrons. The lowest BCUT2D eigenvalue weighted by atomic mass is 10.1. The Morgan fingerprint density at radius 2 is 1.81 bits per heavy atom. The predicted octanol–water partition coefficient (Wildman–Crippen LogP) is 7.38. The molecule has 4 aromatic rings. The molecule has 0 unspecified atom stereocenters. The van der Waals surface area contributed by atoms with Gasteiger partial charge in [0, 0.05) is 22.5 Å². The number of nitrogens with one attached hydrogen (secondary N) is 1. The minimum absolute atomic E-state index is 0.0609. The van der Waals surface area contributed by atoms with Gasteiger partial charge < -0.3 is 15.5 Å². The van der Waals surface area contributed by atoms with Gasteiger partial charge in [-0.05, 0) is 54.6 Å². The number of halogens is 4. The van der Waals surface area contributed by atoms with Gasteiger partial charge in [-0.3, -0.25) is 0 Å². The van der Waals surface area contributed by atoms with Crippen molar-refractivity contribution in [3.63, 3.8) is 0 Å². The summed E-state index contributed by atoms with van der Waals surface area (Å²) in [6, 6.07) is 15.0. The summed E-state index contributed by atoms with van der Waals surface area (Å²) in [5.41, 5.74) is -0.625. The summed E-state index contributed by atoms with van der Waals surface area (Å²) in [5, 5.41) is 29.5. The summed E-state index contributed by atoms with van der Waals surface area (Å²) in [7, 11) is 0. The summed E-state index contributed by atoms with van der Waals surface area (Å²) in [4.78, 5) is 19.6. The van der Waals surface area contributed by atoms with E-state index < -0.39 is 34.7 Å². The van der Waals surface area contributed by atoms with Crippen LogP contribution in [0.3, 0.4) is 0 Å². The topological polar surface area (TPSA) is 120 Å². The van der Waals surface area contributed by atoms with E-state index in [0.29, 0.717) is 10.7 Å². The smallest absolute Gasteiger partial charge is 0.418 e. The first-order valence-corrected chi connectivity index (χ1v) is 10.5. The van der Waals surface area contributed by atoms with E-state index in [0.717, 1.165) is 29.8 Å². The van der Waals surface area contributed by atoms with Gasteiger partial charge in [-0.2, -0.15) is 18.3 Å². The van der Waals surface area contributed by atoms with Crippen molar-refractivity contribution in [3.8, 4) is 17.0 Å². The van der Waals surface area contributed by atoms with Crippen molar-refractivity contribution in [2.75, 3.05) is 5.32 Å². The molecule has 3 N–H and O–H groups in total. The van der Waals surface area contributed by atoms with Gasteiger partial charge in [0.15, 0.2) is 0 Å². The number of anilines is 2. The number of aromatic nitrogens is 2. The summed E-state index contributed by atoms with van der Waals surface area (Å²) >= 11 is 6.03. The van der Waals surface area contributed by atoms with Crippen LogP contribution in [0, 0.1) is 0 Å². The van der Waals surface area contributed by atoms with Gasteiger partial charge in [0.25, 0.3) is 0 Å². The molecule has 0 spiro atoms. The number of azo groups is 1. The molecule has 0 saturated carbocycles. The number of alkyl halides is 3. The fraction of sp³-hybridized carbons (Fsp3) is 0.0417. The Hall–Kier alpha value is -4.51. The Kier molecular flexibility index (Phi) is 6.84. The standard InChI is InChI=1S/C24H15ClF3N5O3/c25-14-3-1-2-13(10-14)19-8-9-29-23(31-19)30-15-4-6-18(24(26,27)28)20(12-15)33-32-16-5-7-21(34)17(11-16)22(35)36/h1-12,34H,(H,35,36)(H,29,30,31). The third kappa shape index (κ3) is 5.76. The van der Waals surface area contributed by atoms with Crippen LogP contribution < -0.4 is 5.32 Å². The third-order valence-corrected chi connectivity index (χ3v) is 5.05. The molecule has 1 heterocycles. The molecule has 0 fully saturated rings. The second-order valence-electron chi connectivity index (χ2n) is 7.34. The maximum absolute atomic E-state index is 13.6. The second-order valence-corrected chi connectivity index (χ2v) is 7.77. The number of aromatic carboxylic acids is 1. The zero-order valence-electron chi connectivity index (χ0n) is 18.0. The van der Waals surface area contributed by atoms with Gasteiger partial charge in [-0.25, -0.2) is 14.8 Å². The Morgan fingerprint density at radius 1 is 1.00 bits per heavy atom. The van der Waals surface area contributed by atoms with E-state index in [1.165, 1.54) is 18.3 Å². The minimum atomic E-state index is -4.73. The first kappa shape index (κ1) is 24.6. The lowest BCUT2D eigenvalue weighted by molar-refractivity contribution is -0.137. The van der Waals surface area contributed by atoms with Crippen LogP contribution in [0.25, 0.3) is 11.3 Å². The van der Waals surface area contributed by atoms with E-state index in [4.69, 9.17) is 16.7 Å². The van der Waals surface area contributed by atoms with Crippen LogP contribution in [-0.4, -0.2) is 26.2 Å². The average molecular weight is 514 g/mol. The average Bonchev–Trinajstić information content (AvgIpc) is 2.83. The molecule has 0 aliphatic carbocycles. The lowest BCUT2D eigenvalue weighted by Crippen LogP contribution is -2.06. The molecule has 12 heteroatoms. The fourth-order valence-electron chi connectivity index (χ4n) is 3.16. The molecule has 3 aromatic carbocycles. The summed E-state index contributed by atoms with van der Waals surface area (Å²) in [6.45, 7) is 0. The highest BCUT2D eigenvalue weighted by molar-refractivity contribution is 6.30. The molecule has 0 atom stereocenters. The Morgan fingerprint density at radius 3 is 2.53 bits per heavy atom. The first-order chi connectivity index (χ1) is 17.1. The third-order valence-electron chi connectivity index (χ3n) is 4.82. The van der Waals surface area contributed by atoms with Crippen molar-refractivity contribution in [3.05, 3.63) is 89.1 Å². The highest BCUT2D eigenvalue weighted by Crippen LogP contribution is 2.39. The van der Waals surface area contributed by atoms with Crippen LogP contribution in [0.4, 0.5) is 36.2 Å². The molecular weight excluding hydrogens is 499 g/mol. The highest BCUT2D eigenvalue weighted by atomic mass is 35.5. The van der Waals surface area contributed by atoms with E-state index in [9.17, 15) is 23.1 Å². The SMILES string of the molecule is O=C(O)c1cc(N=Nc2cc(Nc3nccc(-c4cccc(Cl)c4)n3)ccc2C(F)(F)F)ccc1O. The van der Waals surface area contributed by atoms with Gasteiger partial charge in [0.1, 0.15) is 11.3 Å². The number of nitrogens with zero attached hydrogens (tertiary/aromatic N) is 4. The molecule has 0 saturated heterocycles. The lowest BCUT2D eigenvalue weighted by Gasteiger charge is -2.12. The van der Waals surface area contributed by atoms with Crippen molar-refractivity contribution in [1.29, 1.82) is 0 Å². The molecule has 1 aromatic heterocycles. The second kappa shape index (κ2) is 10.0. The van der Waals surface area contributed by atoms with Crippen molar-refractivity contribution in [1.82, 2.24) is 9.97 Å². The quantitative estimate of drug-likeness (QED) is 0.231. The number of carboxylic acids is 1. The van der Waals surface area contributed by atoms with E-state index in [1.54, 1.807) is 30.3 Å². The van der Waals surface area contributed by atoms with E-state index >= 15 is 0 Å². The molecule has 4 rings (SSSR count). The van der Waals surface area contributed by atoms with Crippen molar-refractivity contribution in [2.45, 2.75) is 6.18 Å². The van der Waals surface area contributed by atoms with Crippen LogP contribution in [0.5, 0.6) is 5.75 Å². The largest absolute Gasteiger partial charge is 0.507 e. The zero-order valence-corrected chi connectivity index (χ0v) is 18.8. The van der Waals surface area contributed by atoms with Crippen LogP contribution in [0.2, 0.25) is 5.02 Å². The number of aromatic hydroxyl groups is 1. The molecule has 36 heavy (non-hydrogen) atoms. The molecule has 0 aliphatic heterocycles. The Bertz CT molecular complexity index is 1480. The minimum Gasteiger partial charge on any atom is -0.507 e. The van der Waals surface area contributed by atoms with Crippen LogP contribution >= 0.6 is 11.6 Å². The highest BCUT2D eigenvalue weighted by Gasteiger charge is 2.34. The number of hydrogen-bond donors (Lipinski definition) is 3. The summed E-state index contributed by atoms with van der Waals surface area (Å²) in [5.74, 6) is -1.81. The van der Waals surface area contributed by atoms with Crippen LogP contribution in [-0.2, 0) is 6.18 Å². The Labute approximate surface area is 206 Å². The first-order valence-electron chi connectivity index (χ1n) is 10.2. The Balaban J connectivity index is 1.66. The van der Waals surface area contributed by atoms with E-state index in [2.05, 4.69) is 25.5 Å². The fourth-order valence-corrected chi connectivity index (χ4v) is 3.35. The summed E-state index contributed by atoms with van der Waals surface area (Å²) < 4.78 is 40.7. The molecule has 0 aliphatic rings. The number of carboxylic acid groups (broad SMARTS) is 1. The number of carbonyl (C=O) groups is 1. The molecule has 8 nitrogen and oxygen atoms in total. The number of phenols is 1.